The van der Waals surface area contributed by atoms with Gasteiger partial charge in [-0.3, -0.25) is 0 Å². The molecule has 3 aromatic rings. The molecule has 3 aromatic heterocycles. The Hall–Kier alpha value is -2.50. The minimum atomic E-state index is 0.559. The zero-order chi connectivity index (χ0) is 12.4. The van der Waals surface area contributed by atoms with Crippen molar-refractivity contribution >= 4 is 11.6 Å². The first-order valence-electron chi connectivity index (χ1n) is 5.65. The van der Waals surface area contributed by atoms with E-state index >= 15 is 0 Å². The molecule has 18 heavy (non-hydrogen) atoms. The Kier molecular flexibility index (Phi) is 2.60. The lowest BCUT2D eigenvalue weighted by Gasteiger charge is -1.98. The van der Waals surface area contributed by atoms with Crippen LogP contribution >= 0.6 is 0 Å². The summed E-state index contributed by atoms with van der Waals surface area (Å²) in [6, 6.07) is 7.71. The topological polar surface area (TPSA) is 68.0 Å². The molecule has 0 aliphatic rings. The van der Waals surface area contributed by atoms with Crippen molar-refractivity contribution < 1.29 is 0 Å². The maximum Gasteiger partial charge on any atom is 0.243 e. The van der Waals surface area contributed by atoms with Crippen molar-refractivity contribution in [1.82, 2.24) is 24.8 Å². The van der Waals surface area contributed by atoms with Crippen molar-refractivity contribution in [2.24, 2.45) is 0 Å². The third-order valence-electron chi connectivity index (χ3n) is 2.53. The summed E-state index contributed by atoms with van der Waals surface area (Å²) in [5, 5.41) is 15.3. The van der Waals surface area contributed by atoms with Crippen molar-refractivity contribution in [2.75, 3.05) is 5.32 Å². The second kappa shape index (κ2) is 4.40. The lowest BCUT2D eigenvalue weighted by atomic mass is 10.3. The van der Waals surface area contributed by atoms with Gasteiger partial charge < -0.3 is 5.32 Å². The molecule has 3 rings (SSSR count). The smallest absolute Gasteiger partial charge is 0.243 e. The second-order valence-electron chi connectivity index (χ2n) is 4.01. The largest absolute Gasteiger partial charge is 0.347 e. The first-order chi connectivity index (χ1) is 8.81. The fraction of sp³-hybridized carbons (Fsp3) is 0.167. The Morgan fingerprint density at radius 3 is 3.06 bits per heavy atom. The molecule has 0 saturated carbocycles. The summed E-state index contributed by atoms with van der Waals surface area (Å²) in [5.74, 6) is 0.589. The van der Waals surface area contributed by atoms with E-state index in [9.17, 15) is 0 Å². The van der Waals surface area contributed by atoms with E-state index in [1.54, 1.807) is 10.7 Å². The Morgan fingerprint density at radius 1 is 1.28 bits per heavy atom. The third kappa shape index (κ3) is 2.13. The van der Waals surface area contributed by atoms with Crippen molar-refractivity contribution in [1.29, 1.82) is 0 Å². The van der Waals surface area contributed by atoms with E-state index in [-0.39, 0.29) is 0 Å². The number of fused-ring (bicyclic) bond motifs is 1. The zero-order valence-electron chi connectivity index (χ0n) is 9.91. The predicted octanol–water partition coefficient (Wildman–Crippen LogP) is 1.44. The maximum atomic E-state index is 4.36. The third-order valence-corrected chi connectivity index (χ3v) is 2.53. The average Bonchev–Trinajstić information content (AvgIpc) is 2.79. The standard InChI is InChI=1S/C12H12N6/c1-9-4-5-11-15-12(17-18(11)8-9)13-7-10-3-2-6-14-16-10/h2-6,8H,7H2,1H3,(H,13,17). The number of pyridine rings is 1. The molecule has 0 aliphatic carbocycles. The van der Waals surface area contributed by atoms with Crippen molar-refractivity contribution in [3.8, 4) is 0 Å². The molecule has 0 fully saturated rings. The fourth-order valence-corrected chi connectivity index (χ4v) is 1.66. The van der Waals surface area contributed by atoms with Crippen LogP contribution in [-0.4, -0.2) is 24.8 Å². The number of nitrogens with zero attached hydrogens (tertiary/aromatic N) is 5. The normalized spacial score (nSPS) is 10.7. The summed E-state index contributed by atoms with van der Waals surface area (Å²) in [4.78, 5) is 4.36. The summed E-state index contributed by atoms with van der Waals surface area (Å²) in [7, 11) is 0. The number of anilines is 1. The van der Waals surface area contributed by atoms with Gasteiger partial charge in [0.15, 0.2) is 5.65 Å². The molecule has 0 unspecified atom stereocenters. The van der Waals surface area contributed by atoms with E-state index in [1.807, 2.05) is 37.4 Å². The minimum absolute atomic E-state index is 0.559. The summed E-state index contributed by atoms with van der Waals surface area (Å²) in [5.41, 5.74) is 2.82. The van der Waals surface area contributed by atoms with Crippen LogP contribution in [-0.2, 0) is 6.54 Å². The molecule has 1 N–H and O–H groups in total. The zero-order valence-corrected chi connectivity index (χ0v) is 9.91. The van der Waals surface area contributed by atoms with Gasteiger partial charge >= 0.3 is 0 Å². The molecule has 0 atom stereocenters. The molecule has 0 aromatic carbocycles. The van der Waals surface area contributed by atoms with E-state index in [2.05, 4.69) is 25.6 Å². The highest BCUT2D eigenvalue weighted by Crippen LogP contribution is 2.07. The summed E-state index contributed by atoms with van der Waals surface area (Å²) >= 11 is 0. The van der Waals surface area contributed by atoms with Crippen LogP contribution in [0.25, 0.3) is 5.65 Å². The van der Waals surface area contributed by atoms with Crippen LogP contribution in [0.3, 0.4) is 0 Å². The molecule has 3 heterocycles. The van der Waals surface area contributed by atoms with E-state index in [0.717, 1.165) is 16.9 Å². The van der Waals surface area contributed by atoms with Gasteiger partial charge in [-0.05, 0) is 30.7 Å². The van der Waals surface area contributed by atoms with Gasteiger partial charge in [-0.2, -0.15) is 15.2 Å². The Bertz CT molecular complexity index is 661. The van der Waals surface area contributed by atoms with Crippen LogP contribution < -0.4 is 5.32 Å². The van der Waals surface area contributed by atoms with Gasteiger partial charge in [-0.15, -0.1) is 5.10 Å². The summed E-state index contributed by atoms with van der Waals surface area (Å²) < 4.78 is 1.76. The average molecular weight is 240 g/mol. The van der Waals surface area contributed by atoms with E-state index < -0.39 is 0 Å². The van der Waals surface area contributed by atoms with Gasteiger partial charge in [-0.1, -0.05) is 6.07 Å². The van der Waals surface area contributed by atoms with Gasteiger partial charge in [0.25, 0.3) is 0 Å². The highest BCUT2D eigenvalue weighted by atomic mass is 15.3. The minimum Gasteiger partial charge on any atom is -0.347 e. The summed E-state index contributed by atoms with van der Waals surface area (Å²) in [6.07, 6.45) is 3.59. The maximum absolute atomic E-state index is 4.36. The first kappa shape index (κ1) is 10.6. The molecule has 0 amide bonds. The SMILES string of the molecule is Cc1ccc2nc(NCc3cccnn3)nn2c1. The van der Waals surface area contributed by atoms with Crippen LogP contribution in [0.4, 0.5) is 5.95 Å². The first-order valence-corrected chi connectivity index (χ1v) is 5.65. The van der Waals surface area contributed by atoms with Crippen molar-refractivity contribution in [2.45, 2.75) is 13.5 Å². The number of aryl methyl sites for hydroxylation is 1. The van der Waals surface area contributed by atoms with Crippen molar-refractivity contribution in [3.63, 3.8) is 0 Å². The van der Waals surface area contributed by atoms with Gasteiger partial charge in [0.2, 0.25) is 5.95 Å². The van der Waals surface area contributed by atoms with Crippen LogP contribution in [0.15, 0.2) is 36.7 Å². The number of rotatable bonds is 3. The molecule has 0 saturated heterocycles. The quantitative estimate of drug-likeness (QED) is 0.750. The molecule has 6 heteroatoms. The summed E-state index contributed by atoms with van der Waals surface area (Å²) in [6.45, 7) is 2.58. The molecule has 6 nitrogen and oxygen atoms in total. The van der Waals surface area contributed by atoms with Gasteiger partial charge in [0.1, 0.15) is 0 Å². The highest BCUT2D eigenvalue weighted by molar-refractivity contribution is 5.44. The highest BCUT2D eigenvalue weighted by Gasteiger charge is 2.03. The number of hydrogen-bond donors (Lipinski definition) is 1. The number of aromatic nitrogens is 5. The molecular weight excluding hydrogens is 228 g/mol. The fourth-order valence-electron chi connectivity index (χ4n) is 1.66. The molecule has 0 aliphatic heterocycles. The lowest BCUT2D eigenvalue weighted by molar-refractivity contribution is 0.902. The Balaban J connectivity index is 1.79. The molecule has 0 spiro atoms. The Morgan fingerprint density at radius 2 is 2.22 bits per heavy atom. The molecule has 90 valence electrons. The van der Waals surface area contributed by atoms with Crippen LogP contribution in [0, 0.1) is 6.92 Å². The Labute approximate surface area is 104 Å². The van der Waals surface area contributed by atoms with E-state index in [1.165, 1.54) is 0 Å². The monoisotopic (exact) mass is 240 g/mol. The number of hydrogen-bond acceptors (Lipinski definition) is 5. The molecule has 0 bridgehead atoms. The predicted molar refractivity (Wildman–Crippen MR) is 67.1 cm³/mol. The van der Waals surface area contributed by atoms with E-state index in [4.69, 9.17) is 0 Å². The van der Waals surface area contributed by atoms with Crippen LogP contribution in [0.1, 0.15) is 11.3 Å². The van der Waals surface area contributed by atoms with Crippen molar-refractivity contribution in [3.05, 3.63) is 47.9 Å². The van der Waals surface area contributed by atoms with Crippen LogP contribution in [0.2, 0.25) is 0 Å². The van der Waals surface area contributed by atoms with Gasteiger partial charge in [0, 0.05) is 12.4 Å². The van der Waals surface area contributed by atoms with Gasteiger partial charge in [0.05, 0.1) is 12.2 Å². The molecule has 0 radical (unpaired) electrons. The second-order valence-corrected chi connectivity index (χ2v) is 4.01. The van der Waals surface area contributed by atoms with Crippen LogP contribution in [0.5, 0.6) is 0 Å². The van der Waals surface area contributed by atoms with E-state index in [0.29, 0.717) is 12.5 Å². The lowest BCUT2D eigenvalue weighted by Crippen LogP contribution is -2.03. The van der Waals surface area contributed by atoms with Gasteiger partial charge in [-0.25, -0.2) is 4.52 Å². The molecular formula is C12H12N6. The number of nitrogens with one attached hydrogen (secondary N) is 1.